The number of nitrogens with two attached hydrogens (primary N) is 1. The topological polar surface area (TPSA) is 60.1 Å². The maximum Gasteiger partial charge on any atom is 0.161 e. The second-order valence-corrected chi connectivity index (χ2v) is 5.53. The van der Waals surface area contributed by atoms with Gasteiger partial charge in [0.15, 0.2) is 11.5 Å². The molecule has 0 spiro atoms. The average molecular weight is 311 g/mol. The minimum atomic E-state index is 0.536. The number of rotatable bonds is 4. The molecule has 2 aromatic rings. The number of hydrazone groups is 1. The quantitative estimate of drug-likeness (QED) is 0.941. The normalized spacial score (nSPS) is 13.4. The van der Waals surface area contributed by atoms with Gasteiger partial charge in [-0.2, -0.15) is 5.10 Å². The molecule has 0 amide bonds. The van der Waals surface area contributed by atoms with Crippen molar-refractivity contribution in [3.05, 3.63) is 58.7 Å². The van der Waals surface area contributed by atoms with Gasteiger partial charge in [-0.25, -0.2) is 0 Å². The van der Waals surface area contributed by atoms with Crippen molar-refractivity contribution in [3.8, 4) is 11.5 Å². The molecule has 2 aromatic carbocycles. The lowest BCUT2D eigenvalue weighted by Gasteiger charge is -2.25. The van der Waals surface area contributed by atoms with E-state index in [1.807, 2.05) is 36.3 Å². The molecule has 23 heavy (non-hydrogen) atoms. The van der Waals surface area contributed by atoms with Gasteiger partial charge < -0.3 is 15.2 Å². The van der Waals surface area contributed by atoms with Crippen LogP contribution in [0.15, 0.2) is 41.5 Å². The predicted octanol–water partition coefficient (Wildman–Crippen LogP) is 2.36. The van der Waals surface area contributed by atoms with E-state index < -0.39 is 0 Å². The standard InChI is InChI=1S/C18H21N3O2/c1-21-11-14-8-16(22-2)17(23-3)9-15(14)18(20-21)13-6-4-12(10-19)5-7-13/h4-9H,10-11,19H2,1-3H3. The molecule has 1 aliphatic heterocycles. The Morgan fingerprint density at radius 2 is 1.74 bits per heavy atom. The summed E-state index contributed by atoms with van der Waals surface area (Å²) in [7, 11) is 5.26. The van der Waals surface area contributed by atoms with Gasteiger partial charge in [0.1, 0.15) is 0 Å². The Morgan fingerprint density at radius 3 is 2.35 bits per heavy atom. The molecule has 2 N–H and O–H groups in total. The van der Waals surface area contributed by atoms with Gasteiger partial charge in [-0.3, -0.25) is 5.01 Å². The number of hydrogen-bond acceptors (Lipinski definition) is 5. The first-order chi connectivity index (χ1) is 11.2. The van der Waals surface area contributed by atoms with Crippen LogP contribution < -0.4 is 15.2 Å². The number of hydrogen-bond donors (Lipinski definition) is 1. The number of ether oxygens (including phenoxy) is 2. The van der Waals surface area contributed by atoms with Crippen LogP contribution in [-0.2, 0) is 13.1 Å². The maximum atomic E-state index is 5.68. The summed E-state index contributed by atoms with van der Waals surface area (Å²) in [5, 5.41) is 6.63. The van der Waals surface area contributed by atoms with Gasteiger partial charge in [0.05, 0.1) is 26.5 Å². The van der Waals surface area contributed by atoms with E-state index in [0.29, 0.717) is 12.3 Å². The molecule has 1 heterocycles. The number of fused-ring (bicyclic) bond motifs is 1. The van der Waals surface area contributed by atoms with Crippen LogP contribution in [-0.4, -0.2) is 32.0 Å². The molecule has 0 bridgehead atoms. The second kappa shape index (κ2) is 6.30. The van der Waals surface area contributed by atoms with Gasteiger partial charge in [-0.15, -0.1) is 0 Å². The Balaban J connectivity index is 2.11. The van der Waals surface area contributed by atoms with Crippen LogP contribution in [0, 0.1) is 0 Å². The fraction of sp³-hybridized carbons (Fsp3) is 0.278. The van der Waals surface area contributed by atoms with Crippen LogP contribution >= 0.6 is 0 Å². The van der Waals surface area contributed by atoms with Gasteiger partial charge in [-0.1, -0.05) is 24.3 Å². The average Bonchev–Trinajstić information content (AvgIpc) is 2.59. The van der Waals surface area contributed by atoms with Crippen LogP contribution in [0.4, 0.5) is 0 Å². The van der Waals surface area contributed by atoms with Gasteiger partial charge in [0, 0.05) is 24.7 Å². The fourth-order valence-corrected chi connectivity index (χ4v) is 2.79. The molecule has 0 saturated carbocycles. The van der Waals surface area contributed by atoms with E-state index in [4.69, 9.17) is 20.3 Å². The van der Waals surface area contributed by atoms with Crippen molar-refractivity contribution < 1.29 is 9.47 Å². The first-order valence-electron chi connectivity index (χ1n) is 7.50. The Hall–Kier alpha value is -2.53. The molecular formula is C18H21N3O2. The first kappa shape index (κ1) is 15.4. The molecule has 0 radical (unpaired) electrons. The van der Waals surface area contributed by atoms with Crippen molar-refractivity contribution in [2.45, 2.75) is 13.1 Å². The van der Waals surface area contributed by atoms with Gasteiger partial charge in [-0.05, 0) is 23.3 Å². The van der Waals surface area contributed by atoms with Crippen LogP contribution in [0.25, 0.3) is 0 Å². The van der Waals surface area contributed by atoms with Gasteiger partial charge >= 0.3 is 0 Å². The molecule has 120 valence electrons. The highest BCUT2D eigenvalue weighted by molar-refractivity contribution is 6.14. The summed E-state index contributed by atoms with van der Waals surface area (Å²) in [4.78, 5) is 0. The summed E-state index contributed by atoms with van der Waals surface area (Å²) in [5.74, 6) is 1.45. The monoisotopic (exact) mass is 311 g/mol. The highest BCUT2D eigenvalue weighted by atomic mass is 16.5. The van der Waals surface area contributed by atoms with Crippen molar-refractivity contribution >= 4 is 5.71 Å². The lowest BCUT2D eigenvalue weighted by atomic mass is 9.95. The Kier molecular flexibility index (Phi) is 4.21. The van der Waals surface area contributed by atoms with Crippen molar-refractivity contribution in [3.63, 3.8) is 0 Å². The summed E-state index contributed by atoms with van der Waals surface area (Å²) in [6.07, 6.45) is 0. The van der Waals surface area contributed by atoms with E-state index in [-0.39, 0.29) is 0 Å². The lowest BCUT2D eigenvalue weighted by Crippen LogP contribution is -2.23. The number of methoxy groups -OCH3 is 2. The fourth-order valence-electron chi connectivity index (χ4n) is 2.79. The molecule has 1 aliphatic rings. The largest absolute Gasteiger partial charge is 0.493 e. The van der Waals surface area contributed by atoms with E-state index in [9.17, 15) is 0 Å². The summed E-state index contributed by atoms with van der Waals surface area (Å²) in [5.41, 5.74) is 11.0. The smallest absolute Gasteiger partial charge is 0.161 e. The summed E-state index contributed by atoms with van der Waals surface area (Å²) in [6, 6.07) is 12.2. The zero-order chi connectivity index (χ0) is 16.4. The van der Waals surface area contributed by atoms with Crippen LogP contribution in [0.2, 0.25) is 0 Å². The van der Waals surface area contributed by atoms with E-state index in [2.05, 4.69) is 12.1 Å². The molecule has 3 rings (SSSR count). The van der Waals surface area contributed by atoms with E-state index >= 15 is 0 Å². The van der Waals surface area contributed by atoms with E-state index in [1.54, 1.807) is 14.2 Å². The van der Waals surface area contributed by atoms with Gasteiger partial charge in [0.25, 0.3) is 0 Å². The van der Waals surface area contributed by atoms with Crippen molar-refractivity contribution in [1.82, 2.24) is 5.01 Å². The molecule has 5 heteroatoms. The van der Waals surface area contributed by atoms with Crippen LogP contribution in [0.5, 0.6) is 11.5 Å². The summed E-state index contributed by atoms with van der Waals surface area (Å²) in [6.45, 7) is 1.27. The third-order valence-electron chi connectivity index (χ3n) is 4.00. The van der Waals surface area contributed by atoms with E-state index in [1.165, 1.54) is 0 Å². The molecule has 0 unspecified atom stereocenters. The van der Waals surface area contributed by atoms with Crippen molar-refractivity contribution in [2.75, 3.05) is 21.3 Å². The third kappa shape index (κ3) is 2.87. The highest BCUT2D eigenvalue weighted by Crippen LogP contribution is 2.34. The van der Waals surface area contributed by atoms with Gasteiger partial charge in [0.2, 0.25) is 0 Å². The maximum absolute atomic E-state index is 5.68. The lowest BCUT2D eigenvalue weighted by molar-refractivity contribution is 0.333. The molecule has 0 atom stereocenters. The summed E-state index contributed by atoms with van der Waals surface area (Å²) >= 11 is 0. The Bertz CT molecular complexity index is 739. The Morgan fingerprint density at radius 1 is 1.09 bits per heavy atom. The SMILES string of the molecule is COc1cc2c(cc1OC)C(c1ccc(CN)cc1)=NN(C)C2. The van der Waals surface area contributed by atoms with Crippen LogP contribution in [0.3, 0.4) is 0 Å². The predicted molar refractivity (Wildman–Crippen MR) is 91.0 cm³/mol. The van der Waals surface area contributed by atoms with Crippen LogP contribution in [0.1, 0.15) is 22.3 Å². The first-order valence-corrected chi connectivity index (χ1v) is 7.50. The molecular weight excluding hydrogens is 290 g/mol. The highest BCUT2D eigenvalue weighted by Gasteiger charge is 2.21. The molecule has 0 fully saturated rings. The molecule has 0 aromatic heterocycles. The zero-order valence-electron chi connectivity index (χ0n) is 13.7. The zero-order valence-corrected chi connectivity index (χ0v) is 13.7. The van der Waals surface area contributed by atoms with E-state index in [0.717, 1.165) is 40.3 Å². The third-order valence-corrected chi connectivity index (χ3v) is 4.00. The minimum Gasteiger partial charge on any atom is -0.493 e. The number of nitrogens with zero attached hydrogens (tertiary/aromatic N) is 2. The van der Waals surface area contributed by atoms with Crippen molar-refractivity contribution in [2.24, 2.45) is 10.8 Å². The second-order valence-electron chi connectivity index (χ2n) is 5.53. The molecule has 0 aliphatic carbocycles. The Labute approximate surface area is 136 Å². The number of benzene rings is 2. The molecule has 5 nitrogen and oxygen atoms in total. The summed E-state index contributed by atoms with van der Waals surface area (Å²) < 4.78 is 10.9. The minimum absolute atomic E-state index is 0.536. The molecule has 0 saturated heterocycles. The van der Waals surface area contributed by atoms with Crippen molar-refractivity contribution in [1.29, 1.82) is 0 Å².